The summed E-state index contributed by atoms with van der Waals surface area (Å²) in [4.78, 5) is 0.0347. The van der Waals surface area contributed by atoms with Crippen LogP contribution in [0.15, 0.2) is 53.4 Å². The molecule has 0 bridgehead atoms. The van der Waals surface area contributed by atoms with Gasteiger partial charge in [-0.3, -0.25) is 4.72 Å². The normalized spacial score (nSPS) is 11.6. The zero-order valence-corrected chi connectivity index (χ0v) is 12.2. The minimum absolute atomic E-state index is 0.0347. The second kappa shape index (κ2) is 5.54. The molecule has 2 aromatic carbocycles. The monoisotopic (exact) mass is 291 g/mol. The van der Waals surface area contributed by atoms with Crippen molar-refractivity contribution >= 4 is 15.7 Å². The van der Waals surface area contributed by atoms with Crippen molar-refractivity contribution in [1.82, 2.24) is 0 Å². The van der Waals surface area contributed by atoms with Crippen molar-refractivity contribution in [3.05, 3.63) is 54.1 Å². The van der Waals surface area contributed by atoms with Crippen molar-refractivity contribution in [2.24, 2.45) is 0 Å². The van der Waals surface area contributed by atoms with Gasteiger partial charge in [-0.25, -0.2) is 8.42 Å². The number of nitrogens with one attached hydrogen (secondary N) is 1. The number of hydrogen-bond acceptors (Lipinski definition) is 3. The van der Waals surface area contributed by atoms with Crippen LogP contribution in [-0.4, -0.2) is 13.5 Å². The molecule has 106 valence electrons. The third-order valence-corrected chi connectivity index (χ3v) is 4.31. The number of hydrogen-bond donors (Lipinski definition) is 2. The topological polar surface area (TPSA) is 66.4 Å². The summed E-state index contributed by atoms with van der Waals surface area (Å²) in [6.07, 6.45) is 0. The maximum absolute atomic E-state index is 12.2. The molecule has 0 aliphatic heterocycles. The summed E-state index contributed by atoms with van der Waals surface area (Å²) in [5, 5.41) is 9.37. The minimum atomic E-state index is -3.69. The molecule has 5 heteroatoms. The molecular formula is C15H17NO3S. The number of phenols is 1. The average Bonchev–Trinajstić information content (AvgIpc) is 2.38. The van der Waals surface area contributed by atoms with E-state index in [-0.39, 0.29) is 10.6 Å². The molecule has 20 heavy (non-hydrogen) atoms. The molecule has 0 aliphatic carbocycles. The van der Waals surface area contributed by atoms with E-state index in [0.29, 0.717) is 11.6 Å². The lowest BCUT2D eigenvalue weighted by atomic mass is 10.0. The molecule has 0 spiro atoms. The molecule has 4 nitrogen and oxygen atoms in total. The van der Waals surface area contributed by atoms with Crippen LogP contribution in [0.1, 0.15) is 25.3 Å². The second-order valence-corrected chi connectivity index (χ2v) is 6.57. The zero-order chi connectivity index (χ0) is 14.8. The lowest BCUT2D eigenvalue weighted by Gasteiger charge is -2.11. The molecule has 2 aromatic rings. The molecule has 0 fully saturated rings. The molecule has 2 rings (SSSR count). The third kappa shape index (κ3) is 3.30. The van der Waals surface area contributed by atoms with Crippen LogP contribution in [0.2, 0.25) is 0 Å². The van der Waals surface area contributed by atoms with Crippen molar-refractivity contribution < 1.29 is 13.5 Å². The quantitative estimate of drug-likeness (QED) is 0.908. The van der Waals surface area contributed by atoms with E-state index in [1.165, 1.54) is 24.3 Å². The highest BCUT2D eigenvalue weighted by Gasteiger charge is 2.15. The Morgan fingerprint density at radius 2 is 1.75 bits per heavy atom. The van der Waals surface area contributed by atoms with Gasteiger partial charge in [0.1, 0.15) is 5.75 Å². The van der Waals surface area contributed by atoms with E-state index in [1.54, 1.807) is 6.07 Å². The first-order valence-electron chi connectivity index (χ1n) is 6.30. The molecule has 0 saturated carbocycles. The summed E-state index contributed by atoms with van der Waals surface area (Å²) in [6.45, 7) is 4.09. The molecule has 0 amide bonds. The van der Waals surface area contributed by atoms with Gasteiger partial charge in [0.05, 0.1) is 4.90 Å². The predicted molar refractivity (Wildman–Crippen MR) is 79.4 cm³/mol. The Morgan fingerprint density at radius 1 is 1.05 bits per heavy atom. The Bertz CT molecular complexity index is 709. The van der Waals surface area contributed by atoms with E-state index in [4.69, 9.17) is 0 Å². The van der Waals surface area contributed by atoms with Gasteiger partial charge >= 0.3 is 0 Å². The van der Waals surface area contributed by atoms with Gasteiger partial charge in [0, 0.05) is 11.8 Å². The van der Waals surface area contributed by atoms with Crippen molar-refractivity contribution in [1.29, 1.82) is 0 Å². The lowest BCUT2D eigenvalue weighted by molar-refractivity contribution is 0.473. The fourth-order valence-electron chi connectivity index (χ4n) is 1.83. The van der Waals surface area contributed by atoms with Gasteiger partial charge in [-0.1, -0.05) is 32.0 Å². The maximum atomic E-state index is 12.2. The largest absolute Gasteiger partial charge is 0.508 e. The fourth-order valence-corrected chi connectivity index (χ4v) is 2.91. The van der Waals surface area contributed by atoms with E-state index < -0.39 is 10.0 Å². The van der Waals surface area contributed by atoms with Gasteiger partial charge in [0.2, 0.25) is 0 Å². The van der Waals surface area contributed by atoms with Crippen molar-refractivity contribution in [2.75, 3.05) is 4.72 Å². The first-order valence-corrected chi connectivity index (χ1v) is 7.78. The third-order valence-electron chi connectivity index (χ3n) is 2.93. The predicted octanol–water partition coefficient (Wildman–Crippen LogP) is 3.32. The summed E-state index contributed by atoms with van der Waals surface area (Å²) in [5.74, 6) is 0.240. The van der Waals surface area contributed by atoms with Crippen LogP contribution in [-0.2, 0) is 10.0 Å². The van der Waals surface area contributed by atoms with Crippen molar-refractivity contribution in [3.63, 3.8) is 0 Å². The second-order valence-electron chi connectivity index (χ2n) is 4.88. The number of rotatable bonds is 4. The van der Waals surface area contributed by atoms with Crippen LogP contribution in [0.25, 0.3) is 0 Å². The Kier molecular flexibility index (Phi) is 3.99. The lowest BCUT2D eigenvalue weighted by Crippen LogP contribution is -2.13. The highest BCUT2D eigenvalue weighted by Crippen LogP contribution is 2.22. The summed E-state index contributed by atoms with van der Waals surface area (Å²) in [5.41, 5.74) is 1.57. The highest BCUT2D eigenvalue weighted by atomic mass is 32.2. The zero-order valence-electron chi connectivity index (χ0n) is 11.4. The molecular weight excluding hydrogens is 274 g/mol. The molecule has 0 heterocycles. The maximum Gasteiger partial charge on any atom is 0.262 e. The van der Waals surface area contributed by atoms with Crippen molar-refractivity contribution in [3.8, 4) is 5.75 Å². The van der Waals surface area contributed by atoms with Crippen LogP contribution in [0.5, 0.6) is 5.75 Å². The molecule has 0 saturated heterocycles. The summed E-state index contributed by atoms with van der Waals surface area (Å²) < 4.78 is 26.9. The number of benzene rings is 2. The van der Waals surface area contributed by atoms with Crippen LogP contribution in [0.3, 0.4) is 0 Å². The van der Waals surface area contributed by atoms with Gasteiger partial charge in [-0.2, -0.15) is 0 Å². The Morgan fingerprint density at radius 3 is 2.40 bits per heavy atom. The minimum Gasteiger partial charge on any atom is -0.508 e. The van der Waals surface area contributed by atoms with Crippen LogP contribution in [0, 0.1) is 0 Å². The van der Waals surface area contributed by atoms with Gasteiger partial charge in [-0.15, -0.1) is 0 Å². The molecule has 0 unspecified atom stereocenters. The first kappa shape index (κ1) is 14.4. The van der Waals surface area contributed by atoms with Gasteiger partial charge in [0.25, 0.3) is 10.0 Å². The Balaban J connectivity index is 2.31. The average molecular weight is 291 g/mol. The highest BCUT2D eigenvalue weighted by molar-refractivity contribution is 7.92. The summed E-state index contributed by atoms with van der Waals surface area (Å²) in [6, 6.07) is 12.9. The Hall–Kier alpha value is -2.01. The summed E-state index contributed by atoms with van der Waals surface area (Å²) >= 11 is 0. The van der Waals surface area contributed by atoms with Gasteiger partial charge < -0.3 is 5.11 Å². The van der Waals surface area contributed by atoms with Crippen LogP contribution < -0.4 is 4.72 Å². The molecule has 0 atom stereocenters. The number of anilines is 1. The SMILES string of the molecule is CC(C)c1cccc(NS(=O)(=O)c2cccc(O)c2)c1. The summed E-state index contributed by atoms with van der Waals surface area (Å²) in [7, 11) is -3.69. The Labute approximate surface area is 119 Å². The van der Waals surface area contributed by atoms with Gasteiger partial charge in [0.15, 0.2) is 0 Å². The van der Waals surface area contributed by atoms with E-state index in [9.17, 15) is 13.5 Å². The van der Waals surface area contributed by atoms with Crippen LogP contribution >= 0.6 is 0 Å². The molecule has 2 N–H and O–H groups in total. The molecule has 0 radical (unpaired) electrons. The van der Waals surface area contributed by atoms with E-state index in [2.05, 4.69) is 4.72 Å². The van der Waals surface area contributed by atoms with Crippen LogP contribution in [0.4, 0.5) is 5.69 Å². The molecule has 0 aromatic heterocycles. The first-order chi connectivity index (χ1) is 9.38. The van der Waals surface area contributed by atoms with E-state index in [0.717, 1.165) is 5.56 Å². The molecule has 0 aliphatic rings. The van der Waals surface area contributed by atoms with E-state index in [1.807, 2.05) is 32.0 Å². The van der Waals surface area contributed by atoms with Gasteiger partial charge in [-0.05, 0) is 35.7 Å². The number of sulfonamides is 1. The fraction of sp³-hybridized carbons (Fsp3) is 0.200. The smallest absolute Gasteiger partial charge is 0.262 e. The number of aromatic hydroxyl groups is 1. The standard InChI is InChI=1S/C15H17NO3S/c1-11(2)12-5-3-6-13(9-12)16-20(18,19)15-8-4-7-14(17)10-15/h3-11,16-17H,1-2H3. The van der Waals surface area contributed by atoms with Crippen molar-refractivity contribution in [2.45, 2.75) is 24.7 Å². The number of phenolic OH excluding ortho intramolecular Hbond substituents is 1. The van der Waals surface area contributed by atoms with E-state index >= 15 is 0 Å².